The molecule has 2 aromatic carbocycles. The van der Waals surface area contributed by atoms with Crippen molar-refractivity contribution in [3.05, 3.63) is 71.8 Å². The fourth-order valence-corrected chi connectivity index (χ4v) is 2.62. The van der Waals surface area contributed by atoms with Gasteiger partial charge in [0.1, 0.15) is 0 Å². The Hall–Kier alpha value is -1.71. The Morgan fingerprint density at radius 2 is 1.62 bits per heavy atom. The first-order valence-electron chi connectivity index (χ1n) is 7.23. The van der Waals surface area contributed by atoms with E-state index in [0.29, 0.717) is 4.99 Å². The molecule has 0 aliphatic heterocycles. The Kier molecular flexibility index (Phi) is 5.90. The molecule has 0 heterocycles. The first-order valence-corrected chi connectivity index (χ1v) is 7.64. The van der Waals surface area contributed by atoms with E-state index < -0.39 is 0 Å². The molecule has 21 heavy (non-hydrogen) atoms. The zero-order valence-electron chi connectivity index (χ0n) is 12.4. The molecule has 0 aromatic heterocycles. The summed E-state index contributed by atoms with van der Waals surface area (Å²) in [5.74, 6) is 0.113. The van der Waals surface area contributed by atoms with Crippen molar-refractivity contribution >= 4 is 17.2 Å². The number of likely N-dealkylation sites (N-methyl/N-ethyl adjacent to an activating group) is 1. The average molecular weight is 298 g/mol. The second-order valence-corrected chi connectivity index (χ2v) is 5.83. The molecule has 1 unspecified atom stereocenters. The van der Waals surface area contributed by atoms with Gasteiger partial charge in [0.2, 0.25) is 0 Å². The minimum Gasteiger partial charge on any atom is -0.393 e. The molecule has 0 aliphatic rings. The number of nitrogens with zero attached hydrogens (tertiary/aromatic N) is 1. The first kappa shape index (κ1) is 15.7. The quantitative estimate of drug-likeness (QED) is 0.796. The van der Waals surface area contributed by atoms with Gasteiger partial charge < -0.3 is 10.6 Å². The first-order chi connectivity index (χ1) is 10.2. The van der Waals surface area contributed by atoms with Gasteiger partial charge in [-0.05, 0) is 24.6 Å². The molecule has 0 radical (unpaired) electrons. The molecule has 0 aliphatic carbocycles. The van der Waals surface area contributed by atoms with E-state index in [0.717, 1.165) is 19.5 Å². The zero-order chi connectivity index (χ0) is 15.1. The van der Waals surface area contributed by atoms with Crippen LogP contribution in [-0.2, 0) is 6.42 Å². The van der Waals surface area contributed by atoms with Crippen molar-refractivity contribution in [1.29, 1.82) is 0 Å². The van der Waals surface area contributed by atoms with Gasteiger partial charge >= 0.3 is 0 Å². The highest BCUT2D eigenvalue weighted by Gasteiger charge is 2.16. The summed E-state index contributed by atoms with van der Waals surface area (Å²) in [6.07, 6.45) is 1.04. The number of rotatable bonds is 7. The van der Waals surface area contributed by atoms with Crippen molar-refractivity contribution in [2.75, 3.05) is 20.1 Å². The van der Waals surface area contributed by atoms with Gasteiger partial charge in [0.05, 0.1) is 4.99 Å². The van der Waals surface area contributed by atoms with E-state index in [2.05, 4.69) is 48.3 Å². The third-order valence-corrected chi connectivity index (χ3v) is 3.95. The maximum Gasteiger partial charge on any atom is 0.0816 e. The molecule has 110 valence electrons. The van der Waals surface area contributed by atoms with Crippen molar-refractivity contribution in [2.45, 2.75) is 12.3 Å². The molecular weight excluding hydrogens is 276 g/mol. The number of hydrogen-bond acceptors (Lipinski definition) is 2. The molecule has 0 fully saturated rings. The predicted molar refractivity (Wildman–Crippen MR) is 93.6 cm³/mol. The van der Waals surface area contributed by atoms with E-state index in [9.17, 15) is 0 Å². The second-order valence-electron chi connectivity index (χ2n) is 5.36. The number of thiocarbonyl (C=S) groups is 1. The van der Waals surface area contributed by atoms with Crippen LogP contribution in [0.15, 0.2) is 60.7 Å². The maximum absolute atomic E-state index is 5.93. The number of nitrogens with two attached hydrogens (primary N) is 1. The van der Waals surface area contributed by atoms with E-state index >= 15 is 0 Å². The van der Waals surface area contributed by atoms with Crippen LogP contribution in [0.1, 0.15) is 17.0 Å². The number of hydrogen-bond donors (Lipinski definition) is 1. The van der Waals surface area contributed by atoms with Gasteiger partial charge in [-0.25, -0.2) is 0 Å². The monoisotopic (exact) mass is 298 g/mol. The molecule has 0 amide bonds. The minimum atomic E-state index is 0.113. The van der Waals surface area contributed by atoms with Crippen molar-refractivity contribution in [3.8, 4) is 0 Å². The summed E-state index contributed by atoms with van der Waals surface area (Å²) in [4.78, 5) is 2.86. The van der Waals surface area contributed by atoms with Gasteiger partial charge in [-0.2, -0.15) is 0 Å². The fraction of sp³-hybridized carbons (Fsp3) is 0.278. The summed E-state index contributed by atoms with van der Waals surface area (Å²) in [5.41, 5.74) is 8.48. The van der Waals surface area contributed by atoms with Gasteiger partial charge in [-0.1, -0.05) is 72.9 Å². The van der Waals surface area contributed by atoms with Crippen LogP contribution in [-0.4, -0.2) is 30.0 Å². The fourth-order valence-electron chi connectivity index (χ4n) is 2.41. The van der Waals surface area contributed by atoms with Crippen molar-refractivity contribution in [2.24, 2.45) is 5.73 Å². The topological polar surface area (TPSA) is 29.3 Å². The molecule has 2 rings (SSSR count). The normalized spacial score (nSPS) is 12.3. The molecule has 2 nitrogen and oxygen atoms in total. The average Bonchev–Trinajstić information content (AvgIpc) is 2.52. The van der Waals surface area contributed by atoms with Crippen molar-refractivity contribution in [1.82, 2.24) is 4.90 Å². The standard InChI is InChI=1S/C18H22N2S/c1-20(13-12-15-8-4-2-5-9-15)14-17(18(19)21)16-10-6-3-7-11-16/h2-11,17H,12-14H2,1H3,(H2,19,21). The van der Waals surface area contributed by atoms with E-state index in [1.54, 1.807) is 0 Å². The van der Waals surface area contributed by atoms with Crippen LogP contribution in [0.2, 0.25) is 0 Å². The van der Waals surface area contributed by atoms with Crippen molar-refractivity contribution < 1.29 is 0 Å². The summed E-state index contributed by atoms with van der Waals surface area (Å²) in [6, 6.07) is 20.8. The Morgan fingerprint density at radius 3 is 2.19 bits per heavy atom. The lowest BCUT2D eigenvalue weighted by Gasteiger charge is -2.23. The zero-order valence-corrected chi connectivity index (χ0v) is 13.2. The Morgan fingerprint density at radius 1 is 1.05 bits per heavy atom. The lowest BCUT2D eigenvalue weighted by molar-refractivity contribution is 0.335. The van der Waals surface area contributed by atoms with Gasteiger partial charge in [0.25, 0.3) is 0 Å². The summed E-state index contributed by atoms with van der Waals surface area (Å²) >= 11 is 5.25. The van der Waals surface area contributed by atoms with Crippen LogP contribution < -0.4 is 5.73 Å². The van der Waals surface area contributed by atoms with Crippen LogP contribution in [0.3, 0.4) is 0 Å². The van der Waals surface area contributed by atoms with E-state index in [4.69, 9.17) is 18.0 Å². The van der Waals surface area contributed by atoms with E-state index in [1.807, 2.05) is 24.3 Å². The highest BCUT2D eigenvalue weighted by Crippen LogP contribution is 2.17. The van der Waals surface area contributed by atoms with Gasteiger partial charge in [0.15, 0.2) is 0 Å². The Bertz CT molecular complexity index is 554. The summed E-state index contributed by atoms with van der Waals surface area (Å²) < 4.78 is 0. The van der Waals surface area contributed by atoms with Gasteiger partial charge in [-0.15, -0.1) is 0 Å². The molecule has 0 saturated carbocycles. The molecule has 0 spiro atoms. The highest BCUT2D eigenvalue weighted by atomic mass is 32.1. The van der Waals surface area contributed by atoms with E-state index in [-0.39, 0.29) is 5.92 Å². The lowest BCUT2D eigenvalue weighted by Crippen LogP contribution is -2.32. The molecule has 1 atom stereocenters. The highest BCUT2D eigenvalue weighted by molar-refractivity contribution is 7.80. The van der Waals surface area contributed by atoms with Crippen LogP contribution in [0.5, 0.6) is 0 Å². The van der Waals surface area contributed by atoms with Crippen LogP contribution in [0.4, 0.5) is 0 Å². The summed E-state index contributed by atoms with van der Waals surface area (Å²) in [7, 11) is 2.12. The van der Waals surface area contributed by atoms with Gasteiger partial charge in [-0.3, -0.25) is 0 Å². The number of benzene rings is 2. The lowest BCUT2D eigenvalue weighted by atomic mass is 9.98. The molecule has 2 N–H and O–H groups in total. The summed E-state index contributed by atoms with van der Waals surface area (Å²) in [5, 5.41) is 0. The molecule has 0 bridgehead atoms. The largest absolute Gasteiger partial charge is 0.393 e. The molecule has 0 saturated heterocycles. The third-order valence-electron chi connectivity index (χ3n) is 3.66. The Balaban J connectivity index is 1.93. The van der Waals surface area contributed by atoms with E-state index in [1.165, 1.54) is 11.1 Å². The molecule has 2 aromatic rings. The van der Waals surface area contributed by atoms with Crippen LogP contribution >= 0.6 is 12.2 Å². The maximum atomic E-state index is 5.93. The molecular formula is C18H22N2S. The Labute approximate surface area is 132 Å². The predicted octanol–water partition coefficient (Wildman–Crippen LogP) is 3.23. The summed E-state index contributed by atoms with van der Waals surface area (Å²) in [6.45, 7) is 1.85. The SMILES string of the molecule is CN(CCc1ccccc1)CC(C(N)=S)c1ccccc1. The second kappa shape index (κ2) is 7.91. The third kappa shape index (κ3) is 4.96. The minimum absolute atomic E-state index is 0.113. The van der Waals surface area contributed by atoms with Gasteiger partial charge in [0, 0.05) is 19.0 Å². The molecule has 3 heteroatoms. The van der Waals surface area contributed by atoms with Crippen LogP contribution in [0.25, 0.3) is 0 Å². The smallest absolute Gasteiger partial charge is 0.0816 e. The van der Waals surface area contributed by atoms with Crippen molar-refractivity contribution in [3.63, 3.8) is 0 Å². The van der Waals surface area contributed by atoms with Crippen LogP contribution in [0, 0.1) is 0 Å².